The van der Waals surface area contributed by atoms with Gasteiger partial charge >= 0.3 is 5.97 Å². The molecule has 3 rings (SSSR count). The number of rotatable bonds is 7. The van der Waals surface area contributed by atoms with E-state index < -0.39 is 5.97 Å². The van der Waals surface area contributed by atoms with Crippen LogP contribution in [0.3, 0.4) is 0 Å². The summed E-state index contributed by atoms with van der Waals surface area (Å²) in [6.45, 7) is 3.61. The maximum atomic E-state index is 12.4. The second kappa shape index (κ2) is 10.4. The van der Waals surface area contributed by atoms with Crippen molar-refractivity contribution in [2.75, 3.05) is 17.7 Å². The summed E-state index contributed by atoms with van der Waals surface area (Å²) in [5.74, 6) is -0.319. The number of esters is 1. The fourth-order valence-electron chi connectivity index (χ4n) is 3.36. The summed E-state index contributed by atoms with van der Waals surface area (Å²) in [5, 5.41) is 22.6. The van der Waals surface area contributed by atoms with E-state index in [9.17, 15) is 20.1 Å². The van der Waals surface area contributed by atoms with Crippen molar-refractivity contribution in [3.8, 4) is 12.1 Å². The van der Waals surface area contributed by atoms with Crippen LogP contribution < -0.4 is 5.32 Å². The molecule has 2 heterocycles. The Bertz CT molecular complexity index is 1100. The summed E-state index contributed by atoms with van der Waals surface area (Å²) in [4.78, 5) is 29.5. The number of carbonyl (C=O) groups is 2. The second-order valence-corrected chi connectivity index (χ2v) is 9.11. The van der Waals surface area contributed by atoms with Crippen molar-refractivity contribution in [3.63, 3.8) is 0 Å². The van der Waals surface area contributed by atoms with Gasteiger partial charge in [0.2, 0.25) is 5.91 Å². The number of nitrogens with one attached hydrogen (secondary N) is 1. The van der Waals surface area contributed by atoms with Crippen molar-refractivity contribution in [2.45, 2.75) is 51.0 Å². The first-order chi connectivity index (χ1) is 15.0. The summed E-state index contributed by atoms with van der Waals surface area (Å²) in [7, 11) is 0. The van der Waals surface area contributed by atoms with Crippen LogP contribution in [0.4, 0.5) is 5.00 Å². The van der Waals surface area contributed by atoms with E-state index in [2.05, 4.69) is 16.4 Å². The molecule has 0 atom stereocenters. The molecule has 0 bridgehead atoms. The third-order valence-corrected chi connectivity index (χ3v) is 7.11. The Hall–Kier alpha value is -2.88. The van der Waals surface area contributed by atoms with Gasteiger partial charge in [-0.1, -0.05) is 0 Å². The highest BCUT2D eigenvalue weighted by Gasteiger charge is 2.22. The molecule has 1 aliphatic carbocycles. The summed E-state index contributed by atoms with van der Waals surface area (Å²) in [6, 6.07) is 6.18. The first-order valence-corrected chi connectivity index (χ1v) is 11.8. The van der Waals surface area contributed by atoms with E-state index >= 15 is 0 Å². The van der Waals surface area contributed by atoms with E-state index in [1.54, 1.807) is 13.8 Å². The second-order valence-electron chi connectivity index (χ2n) is 7.01. The van der Waals surface area contributed by atoms with Crippen molar-refractivity contribution >= 4 is 40.0 Å². The molecule has 0 spiro atoms. The minimum Gasteiger partial charge on any atom is -0.462 e. The average molecular weight is 455 g/mol. The molecule has 1 amide bonds. The maximum Gasteiger partial charge on any atom is 0.348 e. The van der Waals surface area contributed by atoms with E-state index in [1.165, 1.54) is 11.8 Å². The van der Waals surface area contributed by atoms with Gasteiger partial charge in [-0.2, -0.15) is 10.5 Å². The van der Waals surface area contributed by atoms with Crippen LogP contribution in [0.25, 0.3) is 0 Å². The largest absolute Gasteiger partial charge is 0.462 e. The van der Waals surface area contributed by atoms with E-state index in [1.807, 2.05) is 12.1 Å². The number of aryl methyl sites for hydroxylation is 2. The molecule has 2 aromatic heterocycles. The quantitative estimate of drug-likeness (QED) is 0.488. The number of hydrogen-bond acceptors (Lipinski definition) is 8. The summed E-state index contributed by atoms with van der Waals surface area (Å²) >= 11 is 2.43. The standard InChI is InChI=1S/C22H22N4O3S2/c1-3-29-22(28)19-13(2)16(12-24)21(31-19)26-18(27)8-9-30-20-15(11-23)10-14-6-4-5-7-17(14)25-20/h10H,3-9H2,1-2H3,(H,26,27). The molecule has 0 aromatic carbocycles. The normalized spacial score (nSPS) is 12.4. The number of amides is 1. The van der Waals surface area contributed by atoms with E-state index in [0.717, 1.165) is 48.3 Å². The third kappa shape index (κ3) is 5.25. The lowest BCUT2D eigenvalue weighted by atomic mass is 9.95. The SMILES string of the molecule is CCOC(=O)c1sc(NC(=O)CCSc2nc3c(cc2C#N)CCCC3)c(C#N)c1C. The number of hydrogen-bond donors (Lipinski definition) is 1. The van der Waals surface area contributed by atoms with Crippen LogP contribution in [0.2, 0.25) is 0 Å². The average Bonchev–Trinajstić information content (AvgIpc) is 3.08. The molecule has 0 unspecified atom stereocenters. The van der Waals surface area contributed by atoms with Crippen LogP contribution in [-0.2, 0) is 22.4 Å². The number of thiophene rings is 1. The number of fused-ring (bicyclic) bond motifs is 1. The lowest BCUT2D eigenvalue weighted by Crippen LogP contribution is -2.12. The number of anilines is 1. The number of pyridine rings is 1. The van der Waals surface area contributed by atoms with Gasteiger partial charge in [-0.15, -0.1) is 23.1 Å². The van der Waals surface area contributed by atoms with Crippen LogP contribution in [0.1, 0.15) is 63.8 Å². The van der Waals surface area contributed by atoms with Crippen LogP contribution in [0.15, 0.2) is 11.1 Å². The number of aromatic nitrogens is 1. The maximum absolute atomic E-state index is 12.4. The highest BCUT2D eigenvalue weighted by atomic mass is 32.2. The number of nitrogens with zero attached hydrogens (tertiary/aromatic N) is 3. The first kappa shape index (κ1) is 22.8. The molecule has 0 saturated heterocycles. The Balaban J connectivity index is 1.64. The molecule has 0 radical (unpaired) electrons. The Morgan fingerprint density at radius 1 is 1.29 bits per heavy atom. The smallest absolute Gasteiger partial charge is 0.348 e. The van der Waals surface area contributed by atoms with Gasteiger partial charge in [0.15, 0.2) is 0 Å². The van der Waals surface area contributed by atoms with Gasteiger partial charge in [0.1, 0.15) is 27.0 Å². The first-order valence-electron chi connectivity index (χ1n) is 10.0. The number of thioether (sulfide) groups is 1. The lowest BCUT2D eigenvalue weighted by Gasteiger charge is -2.16. The molecule has 1 N–H and O–H groups in total. The van der Waals surface area contributed by atoms with Gasteiger partial charge < -0.3 is 10.1 Å². The molecule has 0 fully saturated rings. The van der Waals surface area contributed by atoms with Gasteiger partial charge in [-0.05, 0) is 56.7 Å². The molecular formula is C22H22N4O3S2. The van der Waals surface area contributed by atoms with Gasteiger partial charge in [0.25, 0.3) is 0 Å². The Morgan fingerprint density at radius 2 is 2.06 bits per heavy atom. The highest BCUT2D eigenvalue weighted by Crippen LogP contribution is 2.33. The molecule has 31 heavy (non-hydrogen) atoms. The minimum absolute atomic E-state index is 0.185. The van der Waals surface area contributed by atoms with Crippen molar-refractivity contribution in [1.82, 2.24) is 4.98 Å². The predicted octanol–water partition coefficient (Wildman–Crippen LogP) is 4.37. The van der Waals surface area contributed by atoms with Crippen LogP contribution in [-0.4, -0.2) is 29.2 Å². The highest BCUT2D eigenvalue weighted by molar-refractivity contribution is 7.99. The number of carbonyl (C=O) groups excluding carboxylic acids is 2. The molecule has 160 valence electrons. The minimum atomic E-state index is -0.500. The van der Waals surface area contributed by atoms with Gasteiger partial charge in [-0.25, -0.2) is 9.78 Å². The fraction of sp³-hybridized carbons (Fsp3) is 0.409. The lowest BCUT2D eigenvalue weighted by molar-refractivity contribution is -0.115. The molecule has 7 nitrogen and oxygen atoms in total. The number of nitriles is 2. The van der Waals surface area contributed by atoms with E-state index in [-0.39, 0.29) is 24.5 Å². The zero-order valence-corrected chi connectivity index (χ0v) is 19.0. The summed E-state index contributed by atoms with van der Waals surface area (Å²) < 4.78 is 5.01. The molecule has 0 saturated carbocycles. The van der Waals surface area contributed by atoms with Gasteiger partial charge in [0, 0.05) is 17.9 Å². The zero-order valence-electron chi connectivity index (χ0n) is 17.4. The molecule has 9 heteroatoms. The summed E-state index contributed by atoms with van der Waals surface area (Å²) in [5.41, 5.74) is 3.53. The third-order valence-electron chi connectivity index (χ3n) is 4.93. The van der Waals surface area contributed by atoms with Crippen LogP contribution >= 0.6 is 23.1 Å². The Kier molecular flexibility index (Phi) is 7.67. The molecule has 0 aliphatic heterocycles. The fourth-order valence-corrected chi connectivity index (χ4v) is 5.34. The van der Waals surface area contributed by atoms with Gasteiger partial charge in [-0.3, -0.25) is 4.79 Å². The van der Waals surface area contributed by atoms with Crippen LogP contribution in [0, 0.1) is 29.6 Å². The van der Waals surface area contributed by atoms with E-state index in [0.29, 0.717) is 31.8 Å². The van der Waals surface area contributed by atoms with Crippen molar-refractivity contribution in [2.24, 2.45) is 0 Å². The zero-order chi connectivity index (χ0) is 22.4. The van der Waals surface area contributed by atoms with Crippen molar-refractivity contribution < 1.29 is 14.3 Å². The molecule has 1 aliphatic rings. The molecular weight excluding hydrogens is 432 g/mol. The topological polar surface area (TPSA) is 116 Å². The molecule has 2 aromatic rings. The van der Waals surface area contributed by atoms with E-state index in [4.69, 9.17) is 4.74 Å². The monoisotopic (exact) mass is 454 g/mol. The van der Waals surface area contributed by atoms with Crippen molar-refractivity contribution in [3.05, 3.63) is 38.9 Å². The van der Waals surface area contributed by atoms with Crippen molar-refractivity contribution in [1.29, 1.82) is 10.5 Å². The summed E-state index contributed by atoms with van der Waals surface area (Å²) in [6.07, 6.45) is 4.29. The number of ether oxygens (including phenoxy) is 1. The van der Waals surface area contributed by atoms with Gasteiger partial charge in [0.05, 0.1) is 17.7 Å². The Labute approximate surface area is 189 Å². The van der Waals surface area contributed by atoms with Crippen LogP contribution in [0.5, 0.6) is 0 Å². The Morgan fingerprint density at radius 3 is 2.77 bits per heavy atom. The predicted molar refractivity (Wildman–Crippen MR) is 119 cm³/mol.